The highest BCUT2D eigenvalue weighted by molar-refractivity contribution is 6.35. The van der Waals surface area contributed by atoms with Crippen molar-refractivity contribution in [2.45, 2.75) is 13.0 Å². The second kappa shape index (κ2) is 8.92. The molecule has 0 heterocycles. The van der Waals surface area contributed by atoms with Crippen molar-refractivity contribution in [1.82, 2.24) is 5.32 Å². The van der Waals surface area contributed by atoms with Crippen LogP contribution in [0.2, 0.25) is 10.0 Å². The maximum Gasteiger partial charge on any atom is 0.255 e. The molecule has 0 aliphatic rings. The van der Waals surface area contributed by atoms with Crippen molar-refractivity contribution in [3.8, 4) is 11.5 Å². The zero-order chi connectivity index (χ0) is 20.1. The molecule has 0 aliphatic carbocycles. The highest BCUT2D eigenvalue weighted by atomic mass is 35.5. The van der Waals surface area contributed by atoms with Crippen molar-refractivity contribution < 1.29 is 23.5 Å². The van der Waals surface area contributed by atoms with Gasteiger partial charge in [0.1, 0.15) is 5.82 Å². The number of methoxy groups -OCH3 is 1. The second-order valence-corrected chi connectivity index (χ2v) is 6.42. The van der Waals surface area contributed by atoms with E-state index in [0.29, 0.717) is 5.56 Å². The summed E-state index contributed by atoms with van der Waals surface area (Å²) in [6.45, 7) is 1.34. The zero-order valence-electron chi connectivity index (χ0n) is 14.5. The average Bonchev–Trinajstić information content (AvgIpc) is 2.62. The van der Waals surface area contributed by atoms with Gasteiger partial charge in [-0.1, -0.05) is 23.2 Å². The Kier molecular flexibility index (Phi) is 6.87. The van der Waals surface area contributed by atoms with E-state index in [1.165, 1.54) is 37.4 Å². The first-order chi connectivity index (χ1) is 12.7. The van der Waals surface area contributed by atoms with Crippen LogP contribution in [0.3, 0.4) is 0 Å². The molecule has 0 saturated heterocycles. The molecule has 0 bridgehead atoms. The molecular weight excluding hydrogens is 398 g/mol. The second-order valence-electron chi connectivity index (χ2n) is 5.60. The van der Waals surface area contributed by atoms with E-state index < -0.39 is 23.7 Å². The van der Waals surface area contributed by atoms with E-state index in [2.05, 4.69) is 5.32 Å². The Morgan fingerprint density at radius 1 is 1.19 bits per heavy atom. The number of primary amides is 1. The molecule has 0 saturated carbocycles. The predicted octanol–water partition coefficient (Wildman–Crippen LogP) is 3.50. The fraction of sp³-hybridized carbons (Fsp3) is 0.222. The first kappa shape index (κ1) is 20.8. The Hall–Kier alpha value is -2.51. The molecule has 2 rings (SSSR count). The number of nitrogens with two attached hydrogens (primary N) is 1. The molecule has 0 unspecified atom stereocenters. The number of nitrogens with one attached hydrogen (secondary N) is 1. The largest absolute Gasteiger partial charge is 0.493 e. The number of ether oxygens (including phenoxy) is 2. The zero-order valence-corrected chi connectivity index (χ0v) is 16.0. The summed E-state index contributed by atoms with van der Waals surface area (Å²) in [5.41, 5.74) is 5.70. The molecule has 0 aromatic heterocycles. The van der Waals surface area contributed by atoms with Gasteiger partial charge in [-0.25, -0.2) is 4.39 Å². The molecule has 27 heavy (non-hydrogen) atoms. The number of carbonyl (C=O) groups is 2. The lowest BCUT2D eigenvalue weighted by Crippen LogP contribution is -2.27. The molecule has 9 heteroatoms. The van der Waals surface area contributed by atoms with E-state index in [1.54, 1.807) is 6.92 Å². The summed E-state index contributed by atoms with van der Waals surface area (Å²) in [5.74, 6) is -1.18. The van der Waals surface area contributed by atoms with Gasteiger partial charge >= 0.3 is 0 Å². The van der Waals surface area contributed by atoms with Gasteiger partial charge < -0.3 is 20.5 Å². The molecule has 0 fully saturated rings. The molecule has 144 valence electrons. The van der Waals surface area contributed by atoms with Crippen LogP contribution in [0, 0.1) is 5.82 Å². The number of amides is 2. The summed E-state index contributed by atoms with van der Waals surface area (Å²) in [6, 6.07) is 6.30. The normalized spacial score (nSPS) is 11.6. The van der Waals surface area contributed by atoms with Gasteiger partial charge in [-0.2, -0.15) is 0 Å². The van der Waals surface area contributed by atoms with Crippen molar-refractivity contribution in [1.29, 1.82) is 0 Å². The molecule has 0 aliphatic heterocycles. The molecular formula is C18H17Cl2FN2O4. The van der Waals surface area contributed by atoms with Gasteiger partial charge in [0.25, 0.3) is 11.8 Å². The summed E-state index contributed by atoms with van der Waals surface area (Å²) in [7, 11) is 1.40. The van der Waals surface area contributed by atoms with Crippen molar-refractivity contribution in [3.63, 3.8) is 0 Å². The summed E-state index contributed by atoms with van der Waals surface area (Å²) in [4.78, 5) is 23.3. The van der Waals surface area contributed by atoms with Gasteiger partial charge in [0, 0.05) is 10.6 Å². The molecule has 0 spiro atoms. The first-order valence-electron chi connectivity index (χ1n) is 7.77. The molecule has 2 aromatic rings. The van der Waals surface area contributed by atoms with E-state index in [9.17, 15) is 14.0 Å². The smallest absolute Gasteiger partial charge is 0.255 e. The van der Waals surface area contributed by atoms with E-state index >= 15 is 0 Å². The summed E-state index contributed by atoms with van der Waals surface area (Å²) < 4.78 is 24.1. The Morgan fingerprint density at radius 2 is 1.89 bits per heavy atom. The van der Waals surface area contributed by atoms with Crippen molar-refractivity contribution in [2.24, 2.45) is 5.73 Å². The predicted molar refractivity (Wildman–Crippen MR) is 100.0 cm³/mol. The highest BCUT2D eigenvalue weighted by Crippen LogP contribution is 2.30. The summed E-state index contributed by atoms with van der Waals surface area (Å²) in [6.07, 6.45) is 0. The Morgan fingerprint density at radius 3 is 2.52 bits per heavy atom. The highest BCUT2D eigenvalue weighted by Gasteiger charge is 2.18. The van der Waals surface area contributed by atoms with E-state index in [4.69, 9.17) is 38.4 Å². The van der Waals surface area contributed by atoms with Crippen LogP contribution >= 0.6 is 23.2 Å². The summed E-state index contributed by atoms with van der Waals surface area (Å²) in [5, 5.41) is 2.86. The minimum absolute atomic E-state index is 0.0986. The van der Waals surface area contributed by atoms with Gasteiger partial charge in [0.05, 0.1) is 18.2 Å². The SMILES string of the molecule is COc1cc(C(=O)N[C@H](C)c2cc(F)c(Cl)cc2Cl)ccc1OCC(N)=O. The van der Waals surface area contributed by atoms with Gasteiger partial charge in [-0.3, -0.25) is 9.59 Å². The van der Waals surface area contributed by atoms with Crippen LogP contribution < -0.4 is 20.5 Å². The Bertz CT molecular complexity index is 877. The topological polar surface area (TPSA) is 90.7 Å². The standard InChI is InChI=1S/C18H17Cl2FN2O4/c1-9(11-6-14(21)13(20)7-12(11)19)23-18(25)10-3-4-15(16(5-10)26-2)27-8-17(22)24/h3-7,9H,8H2,1-2H3,(H2,22,24)(H,23,25)/t9-/m1/s1. The van der Waals surface area contributed by atoms with Crippen molar-refractivity contribution in [3.05, 3.63) is 57.3 Å². The molecule has 6 nitrogen and oxygen atoms in total. The number of carbonyl (C=O) groups excluding carboxylic acids is 2. The van der Waals surface area contributed by atoms with Gasteiger partial charge in [0.15, 0.2) is 18.1 Å². The van der Waals surface area contributed by atoms with Crippen molar-refractivity contribution in [2.75, 3.05) is 13.7 Å². The third kappa shape index (κ3) is 5.24. The first-order valence-corrected chi connectivity index (χ1v) is 8.53. The lowest BCUT2D eigenvalue weighted by molar-refractivity contribution is -0.119. The minimum Gasteiger partial charge on any atom is -0.493 e. The number of hydrogen-bond donors (Lipinski definition) is 2. The fourth-order valence-electron chi connectivity index (χ4n) is 2.30. The van der Waals surface area contributed by atoms with Gasteiger partial charge in [-0.05, 0) is 42.8 Å². The van der Waals surface area contributed by atoms with E-state index in [-0.39, 0.29) is 33.7 Å². The minimum atomic E-state index is -0.639. The summed E-state index contributed by atoms with van der Waals surface area (Å²) >= 11 is 11.8. The molecule has 2 aromatic carbocycles. The lowest BCUT2D eigenvalue weighted by Gasteiger charge is -2.17. The molecule has 1 atom stereocenters. The van der Waals surface area contributed by atoms with Crippen molar-refractivity contribution >= 4 is 35.0 Å². The van der Waals surface area contributed by atoms with Crippen LogP contribution in [0.1, 0.15) is 28.9 Å². The molecule has 3 N–H and O–H groups in total. The van der Waals surface area contributed by atoms with Gasteiger partial charge in [-0.15, -0.1) is 0 Å². The maximum absolute atomic E-state index is 13.7. The van der Waals surface area contributed by atoms with Crippen LogP contribution in [0.5, 0.6) is 11.5 Å². The van der Waals surface area contributed by atoms with Crippen LogP contribution in [0.4, 0.5) is 4.39 Å². The molecule has 2 amide bonds. The van der Waals surface area contributed by atoms with E-state index in [0.717, 1.165) is 0 Å². The number of hydrogen-bond acceptors (Lipinski definition) is 4. The number of benzene rings is 2. The molecule has 0 radical (unpaired) electrons. The van der Waals surface area contributed by atoms with E-state index in [1.807, 2.05) is 0 Å². The Balaban J connectivity index is 2.18. The average molecular weight is 415 g/mol. The lowest BCUT2D eigenvalue weighted by atomic mass is 10.1. The monoisotopic (exact) mass is 414 g/mol. The maximum atomic E-state index is 13.7. The van der Waals surface area contributed by atoms with Crippen LogP contribution in [0.15, 0.2) is 30.3 Å². The Labute approximate surface area is 165 Å². The quantitative estimate of drug-likeness (QED) is 0.678. The van der Waals surface area contributed by atoms with Gasteiger partial charge in [0.2, 0.25) is 0 Å². The number of rotatable bonds is 7. The third-order valence-electron chi connectivity index (χ3n) is 3.65. The third-order valence-corrected chi connectivity index (χ3v) is 4.27. The van der Waals surface area contributed by atoms with Crippen LogP contribution in [-0.4, -0.2) is 25.5 Å². The fourth-order valence-corrected chi connectivity index (χ4v) is 2.85. The number of halogens is 3. The van der Waals surface area contributed by atoms with Crippen LogP contribution in [0.25, 0.3) is 0 Å². The van der Waals surface area contributed by atoms with Crippen LogP contribution in [-0.2, 0) is 4.79 Å².